The number of primary amides is 1. The number of amides is 4. The van der Waals surface area contributed by atoms with Crippen molar-refractivity contribution in [1.82, 2.24) is 25.9 Å². The normalized spacial score (nSPS) is 13.9. The van der Waals surface area contributed by atoms with E-state index in [4.69, 9.17) is 5.73 Å². The van der Waals surface area contributed by atoms with Gasteiger partial charge in [0.05, 0.1) is 11.6 Å². The highest BCUT2D eigenvalue weighted by Crippen LogP contribution is 2.26. The van der Waals surface area contributed by atoms with E-state index in [9.17, 15) is 19.2 Å². The molecule has 2 aromatic rings. The van der Waals surface area contributed by atoms with Gasteiger partial charge >= 0.3 is 0 Å². The number of nitrogens with zero attached hydrogens (tertiary/aromatic N) is 2. The van der Waals surface area contributed by atoms with Gasteiger partial charge in [0, 0.05) is 42.8 Å². The van der Waals surface area contributed by atoms with Gasteiger partial charge in [-0.25, -0.2) is 0 Å². The number of hydrogen-bond acceptors (Lipinski definition) is 6. The summed E-state index contributed by atoms with van der Waals surface area (Å²) < 4.78 is 0. The lowest BCUT2D eigenvalue weighted by Crippen LogP contribution is -2.50. The van der Waals surface area contributed by atoms with Gasteiger partial charge in [-0.05, 0) is 48.9 Å². The van der Waals surface area contributed by atoms with E-state index in [1.54, 1.807) is 36.7 Å². The molecule has 2 aromatic heterocycles. The first-order valence-electron chi connectivity index (χ1n) is 14.2. The molecule has 218 valence electrons. The molecule has 4 amide bonds. The summed E-state index contributed by atoms with van der Waals surface area (Å²) in [5, 5.41) is 8.82. The van der Waals surface area contributed by atoms with Gasteiger partial charge in [-0.3, -0.25) is 29.1 Å². The molecular weight excluding hydrogens is 508 g/mol. The number of nitrogens with one attached hydrogen (secondary N) is 3. The average molecular weight is 553 g/mol. The second-order valence-corrected chi connectivity index (χ2v) is 10.3. The van der Waals surface area contributed by atoms with E-state index in [2.05, 4.69) is 25.9 Å². The SMILES string of the molecule is CCC(C)[C@H](NC(=O)c1ccncc1)C(=O)NCCCCCCNC(=O)[C@H](c1cc(C(N)=O)ccn1)C(C)CC. The molecule has 0 aromatic carbocycles. The Morgan fingerprint density at radius 1 is 0.800 bits per heavy atom. The number of hydrogen-bond donors (Lipinski definition) is 4. The first-order valence-corrected chi connectivity index (χ1v) is 14.2. The van der Waals surface area contributed by atoms with E-state index in [1.165, 1.54) is 6.20 Å². The Balaban J connectivity index is 1.74. The van der Waals surface area contributed by atoms with Gasteiger partial charge in [0.15, 0.2) is 0 Å². The first-order chi connectivity index (χ1) is 19.2. The summed E-state index contributed by atoms with van der Waals surface area (Å²) in [5.74, 6) is -1.56. The van der Waals surface area contributed by atoms with Crippen LogP contribution in [0.15, 0.2) is 42.9 Å². The summed E-state index contributed by atoms with van der Waals surface area (Å²) in [5.41, 5.74) is 6.75. The molecule has 10 nitrogen and oxygen atoms in total. The molecule has 2 heterocycles. The van der Waals surface area contributed by atoms with Gasteiger partial charge in [-0.15, -0.1) is 0 Å². The van der Waals surface area contributed by atoms with Crippen LogP contribution in [-0.2, 0) is 9.59 Å². The van der Waals surface area contributed by atoms with Crippen molar-refractivity contribution in [3.05, 3.63) is 59.7 Å². The van der Waals surface area contributed by atoms with Crippen LogP contribution in [0.3, 0.4) is 0 Å². The molecule has 4 atom stereocenters. The third kappa shape index (κ3) is 10.1. The molecule has 0 aliphatic rings. The van der Waals surface area contributed by atoms with Crippen LogP contribution >= 0.6 is 0 Å². The topological polar surface area (TPSA) is 156 Å². The zero-order chi connectivity index (χ0) is 29.5. The predicted molar refractivity (Wildman–Crippen MR) is 154 cm³/mol. The molecule has 0 radical (unpaired) electrons. The van der Waals surface area contributed by atoms with Crippen molar-refractivity contribution in [3.63, 3.8) is 0 Å². The second kappa shape index (κ2) is 17.0. The summed E-state index contributed by atoms with van der Waals surface area (Å²) in [6.07, 6.45) is 9.54. The lowest BCUT2D eigenvalue weighted by atomic mass is 9.87. The monoisotopic (exact) mass is 552 g/mol. The molecule has 0 aliphatic heterocycles. The Bertz CT molecular complexity index is 1110. The third-order valence-corrected chi connectivity index (χ3v) is 7.31. The number of nitrogens with two attached hydrogens (primary N) is 1. The smallest absolute Gasteiger partial charge is 0.252 e. The lowest BCUT2D eigenvalue weighted by molar-refractivity contribution is -0.124. The van der Waals surface area contributed by atoms with Crippen molar-refractivity contribution in [2.45, 2.75) is 78.2 Å². The Morgan fingerprint density at radius 2 is 1.38 bits per heavy atom. The summed E-state index contributed by atoms with van der Waals surface area (Å²) >= 11 is 0. The van der Waals surface area contributed by atoms with E-state index in [1.807, 2.05) is 27.7 Å². The first kappa shape index (κ1) is 32.4. The van der Waals surface area contributed by atoms with Crippen molar-refractivity contribution in [3.8, 4) is 0 Å². The number of carbonyl (C=O) groups is 4. The van der Waals surface area contributed by atoms with Crippen LogP contribution in [0, 0.1) is 11.8 Å². The fraction of sp³-hybridized carbons (Fsp3) is 0.533. The highest BCUT2D eigenvalue weighted by molar-refractivity contribution is 5.97. The largest absolute Gasteiger partial charge is 0.366 e. The molecule has 0 aliphatic carbocycles. The molecule has 10 heteroatoms. The maximum atomic E-state index is 13.0. The molecule has 0 saturated carbocycles. The molecule has 2 rings (SSSR count). The van der Waals surface area contributed by atoms with Gasteiger partial charge in [-0.2, -0.15) is 0 Å². The zero-order valence-electron chi connectivity index (χ0n) is 24.1. The van der Waals surface area contributed by atoms with E-state index in [0.717, 1.165) is 38.5 Å². The maximum absolute atomic E-state index is 13.0. The Hall–Kier alpha value is -3.82. The third-order valence-electron chi connectivity index (χ3n) is 7.31. The summed E-state index contributed by atoms with van der Waals surface area (Å²) in [6.45, 7) is 8.99. The van der Waals surface area contributed by atoms with Crippen LogP contribution < -0.4 is 21.7 Å². The van der Waals surface area contributed by atoms with Crippen molar-refractivity contribution in [1.29, 1.82) is 0 Å². The molecule has 40 heavy (non-hydrogen) atoms. The van der Waals surface area contributed by atoms with E-state index in [-0.39, 0.29) is 29.6 Å². The van der Waals surface area contributed by atoms with Crippen LogP contribution in [0.1, 0.15) is 98.5 Å². The molecule has 5 N–H and O–H groups in total. The minimum atomic E-state index is -0.613. The van der Waals surface area contributed by atoms with Crippen molar-refractivity contribution >= 4 is 23.6 Å². The number of aromatic nitrogens is 2. The molecule has 2 unspecified atom stereocenters. The molecular formula is C30H44N6O4. The lowest BCUT2D eigenvalue weighted by Gasteiger charge is -2.23. The van der Waals surface area contributed by atoms with E-state index in [0.29, 0.717) is 29.9 Å². The van der Waals surface area contributed by atoms with Crippen molar-refractivity contribution in [2.24, 2.45) is 17.6 Å². The minimum Gasteiger partial charge on any atom is -0.366 e. The summed E-state index contributed by atoms with van der Waals surface area (Å²) in [6, 6.07) is 5.77. The number of pyridine rings is 2. The van der Waals surface area contributed by atoms with E-state index < -0.39 is 17.9 Å². The standard InChI is InChI=1S/C30H44N6O4/c1-5-20(3)25(24-19-23(27(31)37)13-18-33-24)29(39)34-14-9-7-8-10-15-35-30(40)26(21(4)6-2)36-28(38)22-11-16-32-17-12-22/h11-13,16-21,25-26H,5-10,14-15H2,1-4H3,(H2,31,37)(H,34,39)(H,35,40)(H,36,38)/t20?,21?,25-,26-/m0/s1. The second-order valence-electron chi connectivity index (χ2n) is 10.3. The fourth-order valence-electron chi connectivity index (χ4n) is 4.37. The average Bonchev–Trinajstić information content (AvgIpc) is 2.97. The number of unbranched alkanes of at least 4 members (excludes halogenated alkanes) is 3. The summed E-state index contributed by atoms with van der Waals surface area (Å²) in [4.78, 5) is 58.2. The van der Waals surface area contributed by atoms with Crippen LogP contribution in [0.5, 0.6) is 0 Å². The van der Waals surface area contributed by atoms with Crippen molar-refractivity contribution in [2.75, 3.05) is 13.1 Å². The van der Waals surface area contributed by atoms with Crippen LogP contribution in [0.2, 0.25) is 0 Å². The number of carbonyl (C=O) groups excluding carboxylic acids is 4. The van der Waals surface area contributed by atoms with Crippen molar-refractivity contribution < 1.29 is 19.2 Å². The maximum Gasteiger partial charge on any atom is 0.252 e. The predicted octanol–water partition coefficient (Wildman–Crippen LogP) is 3.34. The van der Waals surface area contributed by atoms with Crippen LogP contribution in [0.4, 0.5) is 0 Å². The molecule has 0 spiro atoms. The molecule has 0 saturated heterocycles. The quantitative estimate of drug-likeness (QED) is 0.221. The van der Waals surface area contributed by atoms with Gasteiger partial charge in [-0.1, -0.05) is 53.4 Å². The zero-order valence-corrected chi connectivity index (χ0v) is 24.1. The molecule has 0 bridgehead atoms. The Morgan fingerprint density at radius 3 is 1.95 bits per heavy atom. The van der Waals surface area contributed by atoms with Crippen LogP contribution in [-0.4, -0.2) is 52.7 Å². The highest BCUT2D eigenvalue weighted by atomic mass is 16.2. The highest BCUT2D eigenvalue weighted by Gasteiger charge is 2.28. The van der Waals surface area contributed by atoms with E-state index >= 15 is 0 Å². The van der Waals surface area contributed by atoms with Gasteiger partial charge in [0.1, 0.15) is 6.04 Å². The minimum absolute atomic E-state index is 0.0119. The fourth-order valence-corrected chi connectivity index (χ4v) is 4.37. The van der Waals surface area contributed by atoms with Gasteiger partial charge < -0.3 is 21.7 Å². The van der Waals surface area contributed by atoms with Crippen LogP contribution in [0.25, 0.3) is 0 Å². The molecule has 0 fully saturated rings. The Kier molecular flexibility index (Phi) is 13.8. The van der Waals surface area contributed by atoms with Gasteiger partial charge in [0.2, 0.25) is 17.7 Å². The van der Waals surface area contributed by atoms with Gasteiger partial charge in [0.25, 0.3) is 5.91 Å². The summed E-state index contributed by atoms with van der Waals surface area (Å²) in [7, 11) is 0. The Labute approximate surface area is 237 Å². The number of rotatable bonds is 17.